The number of pyridine rings is 3. The molecule has 7 aromatic heterocycles. The number of hydrazine groups is 2. The maximum atomic E-state index is 11.9. The van der Waals surface area contributed by atoms with Crippen LogP contribution in [0.1, 0.15) is 32.1 Å². The fraction of sp³-hybridized carbons (Fsp3) is 0.0513. The van der Waals surface area contributed by atoms with Crippen molar-refractivity contribution < 1.29 is 14.7 Å². The normalized spacial score (nSPS) is 12.3. The van der Waals surface area contributed by atoms with Crippen LogP contribution in [0.5, 0.6) is 0 Å². The zero-order chi connectivity index (χ0) is 40.2. The van der Waals surface area contributed by atoms with Crippen LogP contribution in [0.15, 0.2) is 84.2 Å². The van der Waals surface area contributed by atoms with Gasteiger partial charge in [0.05, 0.1) is 69.3 Å². The average molecular weight is 845 g/mol. The first-order valence-electron chi connectivity index (χ1n) is 17.4. The Morgan fingerprint density at radius 2 is 1.29 bits per heavy atom. The SMILES string of the molecule is NNCc1nc2c(ccc3c[nH]c(Cl)cc32)c1C(=O)O.O=C1NNCc2nc3c(ccc4c[nH]c(Cl)cc43)c21.O=c1[nH]ncc2nc3c4cc(Cl)[nH]cc4ccc3c12.[B]. The second-order valence-electron chi connectivity index (χ2n) is 13.2. The summed E-state index contributed by atoms with van der Waals surface area (Å²) in [6.07, 6.45) is 6.97. The molecular formula is C39H27BCl3N12O4. The number of carboxylic acid groups (broad SMARTS) is 1. The zero-order valence-electron chi connectivity index (χ0n) is 30.2. The van der Waals surface area contributed by atoms with E-state index in [0.717, 1.165) is 59.8 Å². The van der Waals surface area contributed by atoms with Crippen LogP contribution in [0.4, 0.5) is 0 Å². The number of carbonyl (C=O) groups excluding carboxylic acids is 1. The molecule has 0 aliphatic carbocycles. The minimum absolute atomic E-state index is 0. The highest BCUT2D eigenvalue weighted by molar-refractivity contribution is 6.31. The lowest BCUT2D eigenvalue weighted by Gasteiger charge is -2.12. The van der Waals surface area contributed by atoms with Crippen molar-refractivity contribution >= 4 is 131 Å². The molecule has 11 rings (SSSR count). The molecule has 0 saturated heterocycles. The summed E-state index contributed by atoms with van der Waals surface area (Å²) in [5.74, 6) is 4.11. The number of aromatic amines is 4. The lowest BCUT2D eigenvalue weighted by molar-refractivity contribution is 0.0697. The number of benzene rings is 3. The number of nitrogens with zero attached hydrogens (tertiary/aromatic N) is 4. The number of aromatic nitrogens is 8. The van der Waals surface area contributed by atoms with Crippen LogP contribution in [0, 0.1) is 0 Å². The van der Waals surface area contributed by atoms with Gasteiger partial charge in [0.1, 0.15) is 15.5 Å². The minimum Gasteiger partial charge on any atom is -0.478 e. The molecular weight excluding hydrogens is 818 g/mol. The highest BCUT2D eigenvalue weighted by atomic mass is 35.5. The highest BCUT2D eigenvalue weighted by Gasteiger charge is 2.24. The Balaban J connectivity index is 0.000000122. The van der Waals surface area contributed by atoms with Gasteiger partial charge in [0.15, 0.2) is 0 Å². The maximum Gasteiger partial charge on any atom is 0.338 e. The number of nitrogens with two attached hydrogens (primary N) is 1. The van der Waals surface area contributed by atoms with E-state index < -0.39 is 5.97 Å². The van der Waals surface area contributed by atoms with Crippen molar-refractivity contribution in [3.63, 3.8) is 0 Å². The number of nitrogens with one attached hydrogen (secondary N) is 7. The number of halogens is 3. The van der Waals surface area contributed by atoms with Gasteiger partial charge < -0.3 is 20.1 Å². The molecule has 10 N–H and O–H groups in total. The van der Waals surface area contributed by atoms with Crippen LogP contribution in [0.25, 0.3) is 75.9 Å². The van der Waals surface area contributed by atoms with Crippen LogP contribution in [-0.4, -0.2) is 65.5 Å². The van der Waals surface area contributed by atoms with Crippen molar-refractivity contribution in [2.24, 2.45) is 5.84 Å². The number of H-pyrrole nitrogens is 4. The van der Waals surface area contributed by atoms with Gasteiger partial charge in [-0.25, -0.2) is 30.3 Å². The molecule has 1 aliphatic rings. The van der Waals surface area contributed by atoms with Crippen molar-refractivity contribution in [3.8, 4) is 0 Å². The molecule has 0 saturated carbocycles. The highest BCUT2D eigenvalue weighted by Crippen LogP contribution is 2.33. The maximum absolute atomic E-state index is 11.9. The Kier molecular flexibility index (Phi) is 10.4. The summed E-state index contributed by atoms with van der Waals surface area (Å²) in [5, 5.41) is 25.5. The Labute approximate surface area is 347 Å². The van der Waals surface area contributed by atoms with E-state index in [1.165, 1.54) is 0 Å². The molecule has 0 spiro atoms. The van der Waals surface area contributed by atoms with E-state index in [-0.39, 0.29) is 32.0 Å². The second kappa shape index (κ2) is 15.6. The quantitative estimate of drug-likeness (QED) is 0.0409. The molecule has 0 atom stereocenters. The van der Waals surface area contributed by atoms with E-state index in [4.69, 9.17) is 40.6 Å². The number of fused-ring (bicyclic) bond motifs is 13. The van der Waals surface area contributed by atoms with Gasteiger partial charge in [-0.3, -0.25) is 26.3 Å². The number of hydrogen-bond acceptors (Lipinski definition) is 10. The summed E-state index contributed by atoms with van der Waals surface area (Å²) >= 11 is 17.9. The molecule has 1 amide bonds. The Morgan fingerprint density at radius 3 is 1.86 bits per heavy atom. The second-order valence-corrected chi connectivity index (χ2v) is 14.4. The largest absolute Gasteiger partial charge is 0.478 e. The number of amides is 1. The Hall–Kier alpha value is -6.60. The fourth-order valence-electron chi connectivity index (χ4n) is 7.28. The molecule has 20 heteroatoms. The van der Waals surface area contributed by atoms with E-state index >= 15 is 0 Å². The predicted molar refractivity (Wildman–Crippen MR) is 230 cm³/mol. The molecule has 10 aromatic rings. The first kappa shape index (κ1) is 39.2. The molecule has 1 aliphatic heterocycles. The van der Waals surface area contributed by atoms with Gasteiger partial charge in [0.25, 0.3) is 11.5 Å². The van der Waals surface area contributed by atoms with Gasteiger partial charge >= 0.3 is 5.97 Å². The van der Waals surface area contributed by atoms with Crippen molar-refractivity contribution in [2.75, 3.05) is 0 Å². The first-order chi connectivity index (χ1) is 28.1. The zero-order valence-corrected chi connectivity index (χ0v) is 32.4. The molecule has 291 valence electrons. The third-order valence-electron chi connectivity index (χ3n) is 9.78. The third-order valence-corrected chi connectivity index (χ3v) is 10.4. The van der Waals surface area contributed by atoms with E-state index in [9.17, 15) is 19.5 Å². The Morgan fingerprint density at radius 1 is 0.746 bits per heavy atom. The molecule has 0 unspecified atom stereocenters. The van der Waals surface area contributed by atoms with Crippen LogP contribution in [-0.2, 0) is 13.1 Å². The van der Waals surface area contributed by atoms with Crippen molar-refractivity contribution in [1.29, 1.82) is 0 Å². The molecule has 0 fully saturated rings. The molecule has 16 nitrogen and oxygen atoms in total. The number of carbonyl (C=O) groups is 2. The van der Waals surface area contributed by atoms with Gasteiger partial charge in [-0.15, -0.1) is 0 Å². The third kappa shape index (κ3) is 6.95. The summed E-state index contributed by atoms with van der Waals surface area (Å²) in [6.45, 7) is 0.717. The van der Waals surface area contributed by atoms with Gasteiger partial charge in [-0.1, -0.05) is 71.2 Å². The van der Waals surface area contributed by atoms with E-state index in [2.05, 4.69) is 56.4 Å². The van der Waals surface area contributed by atoms with Crippen LogP contribution in [0.2, 0.25) is 15.5 Å². The lowest BCUT2D eigenvalue weighted by Crippen LogP contribution is -2.41. The summed E-state index contributed by atoms with van der Waals surface area (Å²) in [4.78, 5) is 57.5. The average Bonchev–Trinajstić information content (AvgIpc) is 3.91. The number of rotatable bonds is 3. The molecule has 3 radical (unpaired) electrons. The lowest BCUT2D eigenvalue weighted by atomic mass is 10.1. The van der Waals surface area contributed by atoms with Crippen molar-refractivity contribution in [2.45, 2.75) is 13.1 Å². The molecule has 3 aromatic carbocycles. The predicted octanol–water partition coefficient (Wildman–Crippen LogP) is 6.37. The number of hydrogen-bond donors (Lipinski definition) is 9. The summed E-state index contributed by atoms with van der Waals surface area (Å²) in [7, 11) is 0. The van der Waals surface area contributed by atoms with E-state index in [0.29, 0.717) is 55.1 Å². The van der Waals surface area contributed by atoms with Gasteiger partial charge in [-0.2, -0.15) is 5.10 Å². The monoisotopic (exact) mass is 843 g/mol. The number of aromatic carboxylic acids is 1. The van der Waals surface area contributed by atoms with E-state index in [1.807, 2.05) is 54.9 Å². The van der Waals surface area contributed by atoms with E-state index in [1.54, 1.807) is 24.5 Å². The van der Waals surface area contributed by atoms with Gasteiger partial charge in [0.2, 0.25) is 0 Å². The molecule has 8 heterocycles. The van der Waals surface area contributed by atoms with Gasteiger partial charge in [-0.05, 0) is 18.2 Å². The van der Waals surface area contributed by atoms with Gasteiger partial charge in [0, 0.05) is 75.5 Å². The van der Waals surface area contributed by atoms with Crippen molar-refractivity contribution in [3.05, 3.63) is 128 Å². The minimum atomic E-state index is -1.02. The van der Waals surface area contributed by atoms with Crippen LogP contribution < -0.4 is 27.7 Å². The topological polar surface area (TPSA) is 248 Å². The molecule has 0 bridgehead atoms. The number of carboxylic acids is 1. The fourth-order valence-corrected chi connectivity index (χ4v) is 7.77. The van der Waals surface area contributed by atoms with Crippen LogP contribution in [0.3, 0.4) is 0 Å². The summed E-state index contributed by atoms with van der Waals surface area (Å²) < 4.78 is 0. The summed E-state index contributed by atoms with van der Waals surface area (Å²) in [5.41, 5.74) is 12.4. The van der Waals surface area contributed by atoms with Crippen LogP contribution >= 0.6 is 34.8 Å². The summed E-state index contributed by atoms with van der Waals surface area (Å²) in [6, 6.07) is 16.7. The smallest absolute Gasteiger partial charge is 0.338 e. The standard InChI is InChI=1S/C13H11ClN4O2.C13H9ClN4O.C13H7ClN4O.B/c14-10-3-8-6(4-16-10)1-2-7-11(13(19)20)9(5-17-15)18-12(7)8;2*14-10-3-8-6(4-15-10)1-2-7-11-9(17-12(7)8)5-16-18-13(11)19;/h1-4,16-17H,5,15H2,(H,19,20);1-4,15-16H,5H2,(H,18,19);1-5,15H,(H,18,19);. The Bertz CT molecular complexity index is 3380. The first-order valence-corrected chi connectivity index (χ1v) is 18.5. The molecule has 59 heavy (non-hydrogen) atoms. The van der Waals surface area contributed by atoms with Crippen molar-refractivity contribution in [1.82, 2.24) is 56.4 Å².